The molecule has 1 atom stereocenters. The molecule has 1 fully saturated rings. The van der Waals surface area contributed by atoms with Gasteiger partial charge in [-0.1, -0.05) is 13.0 Å². The molecule has 2 N–H and O–H groups in total. The maximum atomic E-state index is 13.8. The fraction of sp³-hybridized carbons (Fsp3) is 0.625. The lowest BCUT2D eigenvalue weighted by Crippen LogP contribution is -2.30. The Kier molecular flexibility index (Phi) is 6.38. The van der Waals surface area contributed by atoms with E-state index in [0.29, 0.717) is 24.5 Å². The maximum absolute atomic E-state index is 13.8. The van der Waals surface area contributed by atoms with Crippen molar-refractivity contribution in [1.29, 1.82) is 0 Å². The molecule has 1 aromatic carbocycles. The van der Waals surface area contributed by atoms with Crippen LogP contribution in [0.4, 0.5) is 4.39 Å². The van der Waals surface area contributed by atoms with Crippen molar-refractivity contribution in [2.45, 2.75) is 38.6 Å². The molecule has 0 aromatic heterocycles. The Labute approximate surface area is 136 Å². The molecule has 7 heteroatoms. The monoisotopic (exact) mass is 345 g/mol. The fourth-order valence-corrected chi connectivity index (χ4v) is 3.62. The van der Waals surface area contributed by atoms with E-state index >= 15 is 0 Å². The first-order valence-electron chi connectivity index (χ1n) is 7.98. The van der Waals surface area contributed by atoms with Crippen LogP contribution in [0.2, 0.25) is 0 Å². The smallest absolute Gasteiger partial charge is 0.212 e. The first kappa shape index (κ1) is 18.2. The van der Waals surface area contributed by atoms with E-state index in [2.05, 4.69) is 4.72 Å². The molecular weight excluding hydrogens is 321 g/mol. The standard InChI is InChI=1S/C16H24FNO4S/c1-2-15(18-23(20,21)9-3-8-19)13-6-7-14(17)16(10-13)22-11-12-4-5-12/h6-7,10,12,15,18-19H,2-5,8-9,11H2,1H3/t15-/m1/s1. The van der Waals surface area contributed by atoms with E-state index in [-0.39, 0.29) is 24.5 Å². The summed E-state index contributed by atoms with van der Waals surface area (Å²) in [5.41, 5.74) is 0.673. The van der Waals surface area contributed by atoms with Crippen LogP contribution < -0.4 is 9.46 Å². The summed E-state index contributed by atoms with van der Waals surface area (Å²) in [6, 6.07) is 4.01. The summed E-state index contributed by atoms with van der Waals surface area (Å²) in [6.07, 6.45) is 2.95. The number of halogens is 1. The van der Waals surface area contributed by atoms with Gasteiger partial charge < -0.3 is 9.84 Å². The largest absolute Gasteiger partial charge is 0.490 e. The maximum Gasteiger partial charge on any atom is 0.212 e. The normalized spacial score (nSPS) is 16.3. The molecule has 0 spiro atoms. The molecule has 1 aliphatic carbocycles. The molecular formula is C16H24FNO4S. The first-order valence-corrected chi connectivity index (χ1v) is 9.63. The molecule has 0 aliphatic heterocycles. The number of hydrogen-bond donors (Lipinski definition) is 2. The predicted molar refractivity (Wildman–Crippen MR) is 86.3 cm³/mol. The minimum atomic E-state index is -3.49. The van der Waals surface area contributed by atoms with E-state index in [1.54, 1.807) is 12.1 Å². The van der Waals surface area contributed by atoms with Crippen molar-refractivity contribution in [2.24, 2.45) is 5.92 Å². The Morgan fingerprint density at radius 2 is 2.17 bits per heavy atom. The van der Waals surface area contributed by atoms with E-state index in [9.17, 15) is 12.8 Å². The van der Waals surface area contributed by atoms with Gasteiger partial charge in [-0.15, -0.1) is 0 Å². The van der Waals surface area contributed by atoms with Gasteiger partial charge >= 0.3 is 0 Å². The molecule has 0 unspecified atom stereocenters. The molecule has 2 rings (SSSR count). The minimum Gasteiger partial charge on any atom is -0.490 e. The highest BCUT2D eigenvalue weighted by atomic mass is 32.2. The van der Waals surface area contributed by atoms with Crippen molar-refractivity contribution in [2.75, 3.05) is 19.0 Å². The van der Waals surface area contributed by atoms with Gasteiger partial charge in [0.25, 0.3) is 0 Å². The highest BCUT2D eigenvalue weighted by Crippen LogP contribution is 2.31. The van der Waals surface area contributed by atoms with Gasteiger partial charge in [-0.05, 0) is 49.3 Å². The molecule has 1 aliphatic rings. The average molecular weight is 345 g/mol. The van der Waals surface area contributed by atoms with Crippen LogP contribution in [-0.4, -0.2) is 32.5 Å². The van der Waals surface area contributed by atoms with Crippen molar-refractivity contribution in [3.63, 3.8) is 0 Å². The third kappa shape index (κ3) is 5.75. The molecule has 0 radical (unpaired) electrons. The third-order valence-corrected chi connectivity index (χ3v) is 5.30. The summed E-state index contributed by atoms with van der Waals surface area (Å²) >= 11 is 0. The van der Waals surface area contributed by atoms with Crippen LogP contribution in [0, 0.1) is 11.7 Å². The van der Waals surface area contributed by atoms with Gasteiger partial charge in [0.2, 0.25) is 10.0 Å². The van der Waals surface area contributed by atoms with E-state index < -0.39 is 21.9 Å². The van der Waals surface area contributed by atoms with E-state index in [4.69, 9.17) is 9.84 Å². The predicted octanol–water partition coefficient (Wildman–Crippen LogP) is 2.37. The Balaban J connectivity index is 2.08. The van der Waals surface area contributed by atoms with Crippen molar-refractivity contribution < 1.29 is 22.7 Å². The van der Waals surface area contributed by atoms with Crippen molar-refractivity contribution in [1.82, 2.24) is 4.72 Å². The average Bonchev–Trinajstić information content (AvgIpc) is 3.34. The number of hydrogen-bond acceptors (Lipinski definition) is 4. The van der Waals surface area contributed by atoms with Crippen LogP contribution in [0.5, 0.6) is 5.75 Å². The molecule has 5 nitrogen and oxygen atoms in total. The van der Waals surface area contributed by atoms with E-state index in [1.807, 2.05) is 6.92 Å². The second-order valence-electron chi connectivity index (χ2n) is 5.92. The Bertz CT molecular complexity index is 617. The molecule has 1 saturated carbocycles. The first-order chi connectivity index (χ1) is 10.9. The van der Waals surface area contributed by atoms with Gasteiger partial charge in [0.15, 0.2) is 11.6 Å². The van der Waals surface area contributed by atoms with Crippen LogP contribution in [-0.2, 0) is 10.0 Å². The molecule has 0 heterocycles. The highest BCUT2D eigenvalue weighted by molar-refractivity contribution is 7.89. The summed E-state index contributed by atoms with van der Waals surface area (Å²) in [6.45, 7) is 2.18. The van der Waals surface area contributed by atoms with Gasteiger partial charge in [0, 0.05) is 12.6 Å². The Morgan fingerprint density at radius 3 is 2.78 bits per heavy atom. The Hall–Kier alpha value is -1.18. The number of rotatable bonds is 10. The van der Waals surface area contributed by atoms with Gasteiger partial charge in [-0.3, -0.25) is 0 Å². The van der Waals surface area contributed by atoms with Crippen LogP contribution >= 0.6 is 0 Å². The topological polar surface area (TPSA) is 75.6 Å². The summed E-state index contributed by atoms with van der Waals surface area (Å²) in [5.74, 6) is 0.110. The number of ether oxygens (including phenoxy) is 1. The fourth-order valence-electron chi connectivity index (χ4n) is 2.26. The molecule has 23 heavy (non-hydrogen) atoms. The van der Waals surface area contributed by atoms with Crippen molar-refractivity contribution in [3.05, 3.63) is 29.6 Å². The highest BCUT2D eigenvalue weighted by Gasteiger charge is 2.23. The summed E-state index contributed by atoms with van der Waals surface area (Å²) in [5, 5.41) is 8.76. The number of sulfonamides is 1. The third-order valence-electron chi connectivity index (χ3n) is 3.83. The lowest BCUT2D eigenvalue weighted by atomic mass is 10.1. The lowest BCUT2D eigenvalue weighted by Gasteiger charge is -2.18. The Morgan fingerprint density at radius 1 is 1.43 bits per heavy atom. The quantitative estimate of drug-likeness (QED) is 0.683. The number of aliphatic hydroxyl groups excluding tert-OH is 1. The number of nitrogens with one attached hydrogen (secondary N) is 1. The van der Waals surface area contributed by atoms with Crippen LogP contribution in [0.15, 0.2) is 18.2 Å². The van der Waals surface area contributed by atoms with Crippen LogP contribution in [0.1, 0.15) is 44.2 Å². The van der Waals surface area contributed by atoms with Gasteiger partial charge in [0.05, 0.1) is 12.4 Å². The molecule has 0 amide bonds. The zero-order valence-corrected chi connectivity index (χ0v) is 14.1. The molecule has 0 saturated heterocycles. The molecule has 1 aromatic rings. The summed E-state index contributed by atoms with van der Waals surface area (Å²) < 4.78 is 45.9. The minimum absolute atomic E-state index is 0.133. The zero-order chi connectivity index (χ0) is 16.9. The zero-order valence-electron chi connectivity index (χ0n) is 13.3. The van der Waals surface area contributed by atoms with Crippen LogP contribution in [0.3, 0.4) is 0 Å². The summed E-state index contributed by atoms with van der Waals surface area (Å²) in [4.78, 5) is 0. The number of benzene rings is 1. The van der Waals surface area contributed by atoms with Crippen LogP contribution in [0.25, 0.3) is 0 Å². The van der Waals surface area contributed by atoms with E-state index in [1.165, 1.54) is 6.07 Å². The van der Waals surface area contributed by atoms with Crippen molar-refractivity contribution >= 4 is 10.0 Å². The second-order valence-corrected chi connectivity index (χ2v) is 7.79. The second kappa shape index (κ2) is 8.08. The SMILES string of the molecule is CC[C@@H](NS(=O)(=O)CCCO)c1ccc(F)c(OCC2CC2)c1. The van der Waals surface area contributed by atoms with Gasteiger partial charge in [-0.2, -0.15) is 0 Å². The summed E-state index contributed by atoms with van der Waals surface area (Å²) in [7, 11) is -3.49. The van der Waals surface area contributed by atoms with Gasteiger partial charge in [0.1, 0.15) is 0 Å². The lowest BCUT2D eigenvalue weighted by molar-refractivity contribution is 0.284. The molecule has 0 bridgehead atoms. The number of aliphatic hydroxyl groups is 1. The van der Waals surface area contributed by atoms with Crippen molar-refractivity contribution in [3.8, 4) is 5.75 Å². The molecule has 130 valence electrons. The van der Waals surface area contributed by atoms with E-state index in [0.717, 1.165) is 12.8 Å². The van der Waals surface area contributed by atoms with Gasteiger partial charge in [-0.25, -0.2) is 17.5 Å².